The maximum Gasteiger partial charge on any atom is 0.224 e. The molecule has 0 aliphatic carbocycles. The highest BCUT2D eigenvalue weighted by atomic mass is 32.2. The fourth-order valence-electron chi connectivity index (χ4n) is 2.21. The van der Waals surface area contributed by atoms with Crippen LogP contribution in [0, 0.1) is 17.8 Å². The van der Waals surface area contributed by atoms with Crippen molar-refractivity contribution >= 4 is 23.4 Å². The predicted molar refractivity (Wildman–Crippen MR) is 85.7 cm³/mol. The zero-order valence-corrected chi connectivity index (χ0v) is 12.3. The number of carbonyl (C=O) groups excluding carboxylic acids is 1. The van der Waals surface area contributed by atoms with Crippen LogP contribution in [-0.2, 0) is 4.79 Å². The quantitative estimate of drug-likeness (QED) is 0.840. The van der Waals surface area contributed by atoms with Gasteiger partial charge in [-0.25, -0.2) is 0 Å². The third-order valence-electron chi connectivity index (χ3n) is 3.32. The number of carbonyl (C=O) groups is 1. The summed E-state index contributed by atoms with van der Waals surface area (Å²) in [6.45, 7) is 0.359. The molecule has 0 radical (unpaired) electrons. The van der Waals surface area contributed by atoms with Crippen LogP contribution >= 0.6 is 11.8 Å². The topological polar surface area (TPSA) is 55.1 Å². The van der Waals surface area contributed by atoms with Gasteiger partial charge in [0.15, 0.2) is 0 Å². The Hall–Kier alpha value is -1.44. The zero-order chi connectivity index (χ0) is 14.2. The lowest BCUT2D eigenvalue weighted by Gasteiger charge is -2.20. The summed E-state index contributed by atoms with van der Waals surface area (Å²) in [4.78, 5) is 12.0. The van der Waals surface area contributed by atoms with Crippen molar-refractivity contribution in [3.8, 4) is 11.8 Å². The first-order chi connectivity index (χ1) is 9.78. The average molecular weight is 288 g/mol. The molecule has 4 heteroatoms. The number of benzene rings is 1. The largest absolute Gasteiger partial charge is 0.326 e. The predicted octanol–water partition coefficient (Wildman–Crippen LogP) is 2.47. The van der Waals surface area contributed by atoms with Gasteiger partial charge in [-0.2, -0.15) is 11.8 Å². The van der Waals surface area contributed by atoms with Gasteiger partial charge in [0.05, 0.1) is 6.54 Å². The second-order valence-electron chi connectivity index (χ2n) is 4.89. The summed E-state index contributed by atoms with van der Waals surface area (Å²) >= 11 is 1.98. The van der Waals surface area contributed by atoms with Crippen molar-refractivity contribution in [3.63, 3.8) is 0 Å². The van der Waals surface area contributed by atoms with Crippen LogP contribution in [-0.4, -0.2) is 24.0 Å². The third-order valence-corrected chi connectivity index (χ3v) is 4.37. The summed E-state index contributed by atoms with van der Waals surface area (Å²) in [5.74, 6) is 8.80. The Morgan fingerprint density at radius 3 is 2.65 bits per heavy atom. The Kier molecular flexibility index (Phi) is 5.97. The molecule has 0 aromatic heterocycles. The zero-order valence-electron chi connectivity index (χ0n) is 11.5. The Morgan fingerprint density at radius 1 is 1.30 bits per heavy atom. The number of nitrogens with two attached hydrogens (primary N) is 1. The van der Waals surface area contributed by atoms with E-state index in [2.05, 4.69) is 17.2 Å². The number of thioether (sulfide) groups is 1. The molecule has 3 nitrogen and oxygen atoms in total. The number of hydrogen-bond acceptors (Lipinski definition) is 3. The summed E-state index contributed by atoms with van der Waals surface area (Å²) < 4.78 is 0. The Morgan fingerprint density at radius 2 is 2.00 bits per heavy atom. The van der Waals surface area contributed by atoms with Crippen molar-refractivity contribution in [2.75, 3.05) is 23.4 Å². The van der Waals surface area contributed by atoms with Crippen LogP contribution in [0.5, 0.6) is 0 Å². The molecule has 1 aromatic rings. The van der Waals surface area contributed by atoms with Gasteiger partial charge in [0, 0.05) is 17.7 Å². The van der Waals surface area contributed by atoms with Crippen molar-refractivity contribution < 1.29 is 4.79 Å². The van der Waals surface area contributed by atoms with Crippen molar-refractivity contribution in [2.24, 2.45) is 11.7 Å². The lowest BCUT2D eigenvalue weighted by atomic mass is 9.98. The van der Waals surface area contributed by atoms with E-state index in [1.165, 1.54) is 11.5 Å². The number of rotatable bonds is 3. The normalized spacial score (nSPS) is 15.2. The van der Waals surface area contributed by atoms with Gasteiger partial charge in [0.1, 0.15) is 0 Å². The second kappa shape index (κ2) is 7.98. The average Bonchev–Trinajstić information content (AvgIpc) is 2.47. The van der Waals surface area contributed by atoms with Crippen molar-refractivity contribution in [1.29, 1.82) is 0 Å². The summed E-state index contributed by atoms with van der Waals surface area (Å²) in [6.07, 6.45) is 2.95. The van der Waals surface area contributed by atoms with Crippen LogP contribution < -0.4 is 11.1 Å². The van der Waals surface area contributed by atoms with Crippen molar-refractivity contribution in [1.82, 2.24) is 0 Å². The fraction of sp³-hybridized carbons (Fsp3) is 0.438. The molecule has 1 fully saturated rings. The Balaban J connectivity index is 1.84. The first-order valence-electron chi connectivity index (χ1n) is 6.94. The molecule has 0 unspecified atom stereocenters. The van der Waals surface area contributed by atoms with Gasteiger partial charge in [-0.05, 0) is 54.5 Å². The number of amides is 1. The molecule has 0 saturated carbocycles. The molecule has 1 aromatic carbocycles. The SMILES string of the molecule is NCC#Cc1ccc(NC(=O)CC2CCSCC2)cc1. The van der Waals surface area contributed by atoms with Crippen molar-refractivity contribution in [3.05, 3.63) is 29.8 Å². The smallest absolute Gasteiger partial charge is 0.224 e. The number of hydrogen-bond donors (Lipinski definition) is 2. The first-order valence-corrected chi connectivity index (χ1v) is 8.10. The number of nitrogens with one attached hydrogen (secondary N) is 1. The van der Waals surface area contributed by atoms with Gasteiger partial charge >= 0.3 is 0 Å². The molecular weight excluding hydrogens is 268 g/mol. The minimum Gasteiger partial charge on any atom is -0.326 e. The maximum absolute atomic E-state index is 12.0. The van der Waals surface area contributed by atoms with Gasteiger partial charge in [-0.3, -0.25) is 4.79 Å². The van der Waals surface area contributed by atoms with Crippen LogP contribution in [0.25, 0.3) is 0 Å². The van der Waals surface area contributed by atoms with E-state index in [1.54, 1.807) is 0 Å². The van der Waals surface area contributed by atoms with Crippen LogP contribution in [0.4, 0.5) is 5.69 Å². The fourth-order valence-corrected chi connectivity index (χ4v) is 3.42. The lowest BCUT2D eigenvalue weighted by Crippen LogP contribution is -2.19. The monoisotopic (exact) mass is 288 g/mol. The molecule has 1 aliphatic heterocycles. The number of anilines is 1. The van der Waals surface area contributed by atoms with E-state index in [1.807, 2.05) is 36.0 Å². The van der Waals surface area contributed by atoms with E-state index >= 15 is 0 Å². The standard InChI is InChI=1S/C16H20N2OS/c17-9-1-2-13-3-5-15(6-4-13)18-16(19)12-14-7-10-20-11-8-14/h3-6,14H,7-12,17H2,(H,18,19). The van der Waals surface area contributed by atoms with Gasteiger partial charge in [0.2, 0.25) is 5.91 Å². The van der Waals surface area contributed by atoms with Crippen LogP contribution in [0.2, 0.25) is 0 Å². The van der Waals surface area contributed by atoms with Gasteiger partial charge in [-0.15, -0.1) is 0 Å². The van der Waals surface area contributed by atoms with E-state index in [0.717, 1.165) is 24.1 Å². The lowest BCUT2D eigenvalue weighted by molar-refractivity contribution is -0.117. The molecule has 1 amide bonds. The van der Waals surface area contributed by atoms with Gasteiger partial charge in [-0.1, -0.05) is 11.8 Å². The highest BCUT2D eigenvalue weighted by Crippen LogP contribution is 2.25. The Bertz CT molecular complexity index is 495. The van der Waals surface area contributed by atoms with E-state index < -0.39 is 0 Å². The molecule has 1 heterocycles. The molecule has 0 bridgehead atoms. The summed E-state index contributed by atoms with van der Waals surface area (Å²) in [5.41, 5.74) is 7.08. The molecule has 20 heavy (non-hydrogen) atoms. The third kappa shape index (κ3) is 4.92. The summed E-state index contributed by atoms with van der Waals surface area (Å²) in [6, 6.07) is 7.56. The Labute approximate surface area is 124 Å². The minimum atomic E-state index is 0.114. The second-order valence-corrected chi connectivity index (χ2v) is 6.12. The maximum atomic E-state index is 12.0. The molecule has 0 spiro atoms. The molecule has 3 N–H and O–H groups in total. The van der Waals surface area contributed by atoms with Crippen molar-refractivity contribution in [2.45, 2.75) is 19.3 Å². The van der Waals surface area contributed by atoms with E-state index in [0.29, 0.717) is 18.9 Å². The van der Waals surface area contributed by atoms with Crippen LogP contribution in [0.3, 0.4) is 0 Å². The summed E-state index contributed by atoms with van der Waals surface area (Å²) in [5, 5.41) is 2.95. The molecule has 1 saturated heterocycles. The van der Waals surface area contributed by atoms with Crippen LogP contribution in [0.1, 0.15) is 24.8 Å². The molecule has 2 rings (SSSR count). The van der Waals surface area contributed by atoms with Gasteiger partial charge < -0.3 is 11.1 Å². The van der Waals surface area contributed by atoms with E-state index in [-0.39, 0.29) is 5.91 Å². The first kappa shape index (κ1) is 15.0. The molecule has 1 aliphatic rings. The highest BCUT2D eigenvalue weighted by Gasteiger charge is 2.17. The van der Waals surface area contributed by atoms with Crippen LogP contribution in [0.15, 0.2) is 24.3 Å². The minimum absolute atomic E-state index is 0.114. The molecule has 0 atom stereocenters. The van der Waals surface area contributed by atoms with E-state index in [9.17, 15) is 4.79 Å². The molecule has 106 valence electrons. The van der Waals surface area contributed by atoms with Gasteiger partial charge in [0.25, 0.3) is 0 Å². The summed E-state index contributed by atoms with van der Waals surface area (Å²) in [7, 11) is 0. The van der Waals surface area contributed by atoms with E-state index in [4.69, 9.17) is 5.73 Å². The highest BCUT2D eigenvalue weighted by molar-refractivity contribution is 7.99. The molecular formula is C16H20N2OS.